The van der Waals surface area contributed by atoms with Gasteiger partial charge in [0.25, 0.3) is 0 Å². The molecule has 1 rings (SSSR count). The van der Waals surface area contributed by atoms with Gasteiger partial charge < -0.3 is 15.4 Å². The fourth-order valence-electron chi connectivity index (χ4n) is 2.06. The molecule has 0 unspecified atom stereocenters. The maximum Gasteiger partial charge on any atom is 0.191 e. The van der Waals surface area contributed by atoms with Crippen molar-refractivity contribution >= 4 is 5.96 Å². The van der Waals surface area contributed by atoms with Gasteiger partial charge in [-0.3, -0.25) is 4.99 Å². The molecular formula is C17H29N3O. The SMILES string of the molecule is CCOc1ccccc1CNC(=NC)NCCCC(C)C. The van der Waals surface area contributed by atoms with Gasteiger partial charge >= 0.3 is 0 Å². The average Bonchev–Trinajstić information content (AvgIpc) is 2.48. The van der Waals surface area contributed by atoms with E-state index in [1.54, 1.807) is 7.05 Å². The molecule has 0 bridgehead atoms. The Balaban J connectivity index is 2.41. The van der Waals surface area contributed by atoms with Crippen LogP contribution in [-0.4, -0.2) is 26.2 Å². The van der Waals surface area contributed by atoms with Crippen LogP contribution in [0.15, 0.2) is 29.3 Å². The Hall–Kier alpha value is -1.71. The number of rotatable bonds is 8. The predicted octanol–water partition coefficient (Wildman–Crippen LogP) is 3.19. The average molecular weight is 291 g/mol. The van der Waals surface area contributed by atoms with Crippen LogP contribution in [0, 0.1) is 5.92 Å². The lowest BCUT2D eigenvalue weighted by Gasteiger charge is -2.14. The Morgan fingerprint density at radius 2 is 2.00 bits per heavy atom. The molecular weight excluding hydrogens is 262 g/mol. The van der Waals surface area contributed by atoms with Gasteiger partial charge in [0.15, 0.2) is 5.96 Å². The number of hydrogen-bond donors (Lipinski definition) is 2. The van der Waals surface area contributed by atoms with E-state index in [0.717, 1.165) is 36.2 Å². The first-order valence-corrected chi connectivity index (χ1v) is 7.82. The van der Waals surface area contributed by atoms with Crippen LogP contribution in [-0.2, 0) is 6.54 Å². The summed E-state index contributed by atoms with van der Waals surface area (Å²) in [4.78, 5) is 4.25. The van der Waals surface area contributed by atoms with Crippen molar-refractivity contribution in [3.05, 3.63) is 29.8 Å². The summed E-state index contributed by atoms with van der Waals surface area (Å²) in [5, 5.41) is 6.68. The summed E-state index contributed by atoms with van der Waals surface area (Å²) in [7, 11) is 1.80. The normalized spacial score (nSPS) is 11.6. The highest BCUT2D eigenvalue weighted by atomic mass is 16.5. The number of para-hydroxylation sites is 1. The molecule has 21 heavy (non-hydrogen) atoms. The maximum absolute atomic E-state index is 5.63. The largest absolute Gasteiger partial charge is 0.494 e. The number of ether oxygens (including phenoxy) is 1. The topological polar surface area (TPSA) is 45.6 Å². The van der Waals surface area contributed by atoms with E-state index in [0.29, 0.717) is 13.2 Å². The van der Waals surface area contributed by atoms with Crippen LogP contribution in [0.4, 0.5) is 0 Å². The van der Waals surface area contributed by atoms with E-state index in [1.807, 2.05) is 25.1 Å². The molecule has 2 N–H and O–H groups in total. The van der Waals surface area contributed by atoms with E-state index in [2.05, 4.69) is 35.5 Å². The highest BCUT2D eigenvalue weighted by molar-refractivity contribution is 5.79. The zero-order valence-corrected chi connectivity index (χ0v) is 13.8. The van der Waals surface area contributed by atoms with Crippen LogP contribution in [0.1, 0.15) is 39.2 Å². The first-order chi connectivity index (χ1) is 10.2. The van der Waals surface area contributed by atoms with Gasteiger partial charge in [-0.25, -0.2) is 0 Å². The third-order valence-corrected chi connectivity index (χ3v) is 3.19. The van der Waals surface area contributed by atoms with Crippen molar-refractivity contribution in [2.24, 2.45) is 10.9 Å². The molecule has 0 amide bonds. The van der Waals surface area contributed by atoms with Crippen LogP contribution < -0.4 is 15.4 Å². The van der Waals surface area contributed by atoms with Crippen molar-refractivity contribution in [2.45, 2.75) is 40.2 Å². The van der Waals surface area contributed by atoms with Crippen molar-refractivity contribution < 1.29 is 4.74 Å². The second-order valence-corrected chi connectivity index (χ2v) is 5.43. The number of aliphatic imine (C=N–C) groups is 1. The van der Waals surface area contributed by atoms with E-state index in [1.165, 1.54) is 6.42 Å². The number of hydrogen-bond acceptors (Lipinski definition) is 2. The zero-order chi connectivity index (χ0) is 15.5. The second-order valence-electron chi connectivity index (χ2n) is 5.43. The van der Waals surface area contributed by atoms with Crippen LogP contribution in [0.3, 0.4) is 0 Å². The summed E-state index contributed by atoms with van der Waals surface area (Å²) in [5.41, 5.74) is 1.14. The summed E-state index contributed by atoms with van der Waals surface area (Å²) in [5.74, 6) is 2.52. The molecule has 1 aromatic rings. The van der Waals surface area contributed by atoms with Crippen molar-refractivity contribution in [2.75, 3.05) is 20.2 Å². The van der Waals surface area contributed by atoms with Gasteiger partial charge in [-0.15, -0.1) is 0 Å². The first-order valence-electron chi connectivity index (χ1n) is 7.82. The van der Waals surface area contributed by atoms with E-state index in [-0.39, 0.29) is 0 Å². The van der Waals surface area contributed by atoms with Crippen LogP contribution in [0.5, 0.6) is 5.75 Å². The maximum atomic E-state index is 5.63. The fraction of sp³-hybridized carbons (Fsp3) is 0.588. The molecule has 0 radical (unpaired) electrons. The van der Waals surface area contributed by atoms with Crippen molar-refractivity contribution in [3.63, 3.8) is 0 Å². The van der Waals surface area contributed by atoms with Crippen LogP contribution in [0.2, 0.25) is 0 Å². The monoisotopic (exact) mass is 291 g/mol. The van der Waals surface area contributed by atoms with Crippen molar-refractivity contribution in [1.82, 2.24) is 10.6 Å². The standard InChI is InChI=1S/C17H29N3O/c1-5-21-16-11-7-6-10-15(16)13-20-17(18-4)19-12-8-9-14(2)3/h6-7,10-11,14H,5,8-9,12-13H2,1-4H3,(H2,18,19,20). The van der Waals surface area contributed by atoms with Gasteiger partial charge in [0.2, 0.25) is 0 Å². The molecule has 0 aliphatic rings. The lowest BCUT2D eigenvalue weighted by atomic mass is 10.1. The van der Waals surface area contributed by atoms with E-state index in [4.69, 9.17) is 4.74 Å². The highest BCUT2D eigenvalue weighted by Gasteiger charge is 2.04. The molecule has 4 nitrogen and oxygen atoms in total. The molecule has 0 heterocycles. The first kappa shape index (κ1) is 17.3. The summed E-state index contributed by atoms with van der Waals surface area (Å²) >= 11 is 0. The summed E-state index contributed by atoms with van der Waals surface area (Å²) in [6.45, 7) is 8.83. The molecule has 0 saturated heterocycles. The van der Waals surface area contributed by atoms with Gasteiger partial charge in [0, 0.05) is 25.7 Å². The summed E-state index contributed by atoms with van der Waals surface area (Å²) in [6.07, 6.45) is 2.39. The Morgan fingerprint density at radius 3 is 2.67 bits per heavy atom. The summed E-state index contributed by atoms with van der Waals surface area (Å²) < 4.78 is 5.63. The van der Waals surface area contributed by atoms with Gasteiger partial charge in [0.1, 0.15) is 5.75 Å². The van der Waals surface area contributed by atoms with Crippen molar-refractivity contribution in [3.8, 4) is 5.75 Å². The Labute approximate surface area is 129 Å². The van der Waals surface area contributed by atoms with Gasteiger partial charge in [0.05, 0.1) is 6.61 Å². The Morgan fingerprint density at radius 1 is 1.24 bits per heavy atom. The summed E-state index contributed by atoms with van der Waals surface area (Å²) in [6, 6.07) is 8.09. The predicted molar refractivity (Wildman–Crippen MR) is 89.9 cm³/mol. The van der Waals surface area contributed by atoms with E-state index < -0.39 is 0 Å². The van der Waals surface area contributed by atoms with Gasteiger partial charge in [-0.05, 0) is 31.7 Å². The molecule has 118 valence electrons. The minimum atomic E-state index is 0.680. The molecule has 0 saturated carbocycles. The highest BCUT2D eigenvalue weighted by Crippen LogP contribution is 2.17. The molecule has 0 aliphatic heterocycles. The third kappa shape index (κ3) is 7.02. The van der Waals surface area contributed by atoms with Crippen LogP contribution >= 0.6 is 0 Å². The minimum Gasteiger partial charge on any atom is -0.494 e. The van der Waals surface area contributed by atoms with E-state index in [9.17, 15) is 0 Å². The fourth-order valence-corrected chi connectivity index (χ4v) is 2.06. The number of guanidine groups is 1. The van der Waals surface area contributed by atoms with Crippen LogP contribution in [0.25, 0.3) is 0 Å². The zero-order valence-electron chi connectivity index (χ0n) is 13.8. The number of nitrogens with one attached hydrogen (secondary N) is 2. The van der Waals surface area contributed by atoms with Gasteiger partial charge in [-0.1, -0.05) is 32.0 Å². The minimum absolute atomic E-state index is 0.680. The van der Waals surface area contributed by atoms with Gasteiger partial charge in [-0.2, -0.15) is 0 Å². The van der Waals surface area contributed by atoms with E-state index >= 15 is 0 Å². The molecule has 4 heteroatoms. The smallest absolute Gasteiger partial charge is 0.191 e. The number of nitrogens with zero attached hydrogens (tertiary/aromatic N) is 1. The van der Waals surface area contributed by atoms with Crippen molar-refractivity contribution in [1.29, 1.82) is 0 Å². The molecule has 0 fully saturated rings. The number of benzene rings is 1. The third-order valence-electron chi connectivity index (χ3n) is 3.19. The quantitative estimate of drug-likeness (QED) is 0.439. The molecule has 0 aromatic heterocycles. The molecule has 0 spiro atoms. The second kappa shape index (κ2) is 10.1. The Kier molecular flexibility index (Phi) is 8.32. The molecule has 0 aliphatic carbocycles. The lowest BCUT2D eigenvalue weighted by Crippen LogP contribution is -2.37. The lowest BCUT2D eigenvalue weighted by molar-refractivity contribution is 0.336. The Bertz CT molecular complexity index is 430. The molecule has 0 atom stereocenters. The molecule has 1 aromatic carbocycles.